The molecule has 1 fully saturated rings. The van der Waals surface area contributed by atoms with Gasteiger partial charge in [-0.1, -0.05) is 13.8 Å². The third-order valence-electron chi connectivity index (χ3n) is 3.34. The molecular formula is C14H25N3O2. The van der Waals surface area contributed by atoms with Crippen LogP contribution in [0.4, 0.5) is 6.01 Å². The van der Waals surface area contributed by atoms with Crippen LogP contribution in [0.2, 0.25) is 0 Å². The van der Waals surface area contributed by atoms with E-state index in [0.29, 0.717) is 18.0 Å². The largest absolute Gasteiger partial charge is 0.432 e. The van der Waals surface area contributed by atoms with Gasteiger partial charge in [0.25, 0.3) is 6.01 Å². The van der Waals surface area contributed by atoms with Gasteiger partial charge in [0.2, 0.25) is 0 Å². The standard InChI is InChI=1S/C14H25N3O2/c1-11(2)15-7-13-10-19-14(16-13)17(3)8-12-5-4-6-18-9-12/h10-12,15H,4-9H2,1-3H3. The van der Waals surface area contributed by atoms with Gasteiger partial charge in [-0.25, -0.2) is 0 Å². The summed E-state index contributed by atoms with van der Waals surface area (Å²) in [4.78, 5) is 6.59. The minimum atomic E-state index is 0.456. The number of rotatable bonds is 6. The average molecular weight is 267 g/mol. The molecule has 0 bridgehead atoms. The summed E-state index contributed by atoms with van der Waals surface area (Å²) in [6.07, 6.45) is 4.12. The molecule has 0 radical (unpaired) electrons. The maximum atomic E-state index is 5.53. The molecule has 1 aliphatic rings. The Kier molecular flexibility index (Phi) is 5.22. The van der Waals surface area contributed by atoms with Gasteiger partial charge < -0.3 is 19.4 Å². The second-order valence-electron chi connectivity index (χ2n) is 5.62. The van der Waals surface area contributed by atoms with Crippen LogP contribution < -0.4 is 10.2 Å². The number of aromatic nitrogens is 1. The quantitative estimate of drug-likeness (QED) is 0.854. The van der Waals surface area contributed by atoms with E-state index in [1.54, 1.807) is 6.26 Å². The van der Waals surface area contributed by atoms with Gasteiger partial charge in [-0.05, 0) is 12.8 Å². The maximum absolute atomic E-state index is 5.53. The highest BCUT2D eigenvalue weighted by atomic mass is 16.5. The smallest absolute Gasteiger partial charge is 0.297 e. The molecule has 1 aromatic heterocycles. The normalized spacial score (nSPS) is 19.9. The minimum absolute atomic E-state index is 0.456. The van der Waals surface area contributed by atoms with E-state index in [0.717, 1.165) is 38.4 Å². The first kappa shape index (κ1) is 14.3. The monoisotopic (exact) mass is 267 g/mol. The third-order valence-corrected chi connectivity index (χ3v) is 3.34. The summed E-state index contributed by atoms with van der Waals surface area (Å²) in [5.74, 6) is 0.586. The fourth-order valence-electron chi connectivity index (χ4n) is 2.28. The van der Waals surface area contributed by atoms with Crippen LogP contribution in [-0.4, -0.2) is 37.8 Å². The summed E-state index contributed by atoms with van der Waals surface area (Å²) in [5, 5.41) is 3.33. The number of oxazole rings is 1. The fourth-order valence-corrected chi connectivity index (χ4v) is 2.28. The Bertz CT molecular complexity index is 373. The van der Waals surface area contributed by atoms with Gasteiger partial charge >= 0.3 is 0 Å². The van der Waals surface area contributed by atoms with E-state index in [4.69, 9.17) is 9.15 Å². The summed E-state index contributed by atoms with van der Waals surface area (Å²) in [7, 11) is 2.03. The lowest BCUT2D eigenvalue weighted by Gasteiger charge is -2.26. The third kappa shape index (κ3) is 4.51. The van der Waals surface area contributed by atoms with E-state index < -0.39 is 0 Å². The summed E-state index contributed by atoms with van der Waals surface area (Å²) >= 11 is 0. The maximum Gasteiger partial charge on any atom is 0.297 e. The molecule has 5 heteroatoms. The fraction of sp³-hybridized carbons (Fsp3) is 0.786. The molecule has 0 aliphatic carbocycles. The molecule has 2 rings (SSSR count). The summed E-state index contributed by atoms with van der Waals surface area (Å²) in [6, 6.07) is 1.16. The van der Waals surface area contributed by atoms with Crippen LogP contribution in [0.25, 0.3) is 0 Å². The molecule has 0 spiro atoms. The van der Waals surface area contributed by atoms with E-state index in [1.165, 1.54) is 6.42 Å². The van der Waals surface area contributed by atoms with Crippen LogP contribution in [0, 0.1) is 5.92 Å². The van der Waals surface area contributed by atoms with Gasteiger partial charge in [0.05, 0.1) is 12.3 Å². The highest BCUT2D eigenvalue weighted by molar-refractivity contribution is 5.25. The first-order valence-electron chi connectivity index (χ1n) is 7.12. The highest BCUT2D eigenvalue weighted by Crippen LogP contribution is 2.18. The number of nitrogens with zero attached hydrogens (tertiary/aromatic N) is 2. The molecule has 108 valence electrons. The second-order valence-corrected chi connectivity index (χ2v) is 5.62. The Morgan fingerprint density at radius 3 is 3.05 bits per heavy atom. The minimum Gasteiger partial charge on any atom is -0.432 e. The van der Waals surface area contributed by atoms with Crippen LogP contribution in [0.3, 0.4) is 0 Å². The summed E-state index contributed by atoms with van der Waals surface area (Å²) in [5.41, 5.74) is 0.954. The Morgan fingerprint density at radius 2 is 2.37 bits per heavy atom. The Labute approximate surface area is 115 Å². The van der Waals surface area contributed by atoms with Crippen LogP contribution in [0.15, 0.2) is 10.7 Å². The molecule has 0 amide bonds. The Hall–Kier alpha value is -1.07. The number of ether oxygens (including phenoxy) is 1. The predicted octanol–water partition coefficient (Wildman–Crippen LogP) is 2.04. The molecule has 0 aromatic carbocycles. The van der Waals surface area contributed by atoms with E-state index in [9.17, 15) is 0 Å². The van der Waals surface area contributed by atoms with Crippen molar-refractivity contribution in [2.24, 2.45) is 5.92 Å². The first-order chi connectivity index (χ1) is 9.15. The summed E-state index contributed by atoms with van der Waals surface area (Å²) < 4.78 is 11.0. The van der Waals surface area contributed by atoms with Crippen molar-refractivity contribution in [2.75, 3.05) is 31.7 Å². The number of hydrogen-bond donors (Lipinski definition) is 1. The van der Waals surface area contributed by atoms with Crippen molar-refractivity contribution in [3.63, 3.8) is 0 Å². The number of nitrogens with one attached hydrogen (secondary N) is 1. The summed E-state index contributed by atoms with van der Waals surface area (Å²) in [6.45, 7) is 7.70. The van der Waals surface area contributed by atoms with Crippen molar-refractivity contribution in [3.8, 4) is 0 Å². The van der Waals surface area contributed by atoms with Crippen LogP contribution in [0.1, 0.15) is 32.4 Å². The number of hydrogen-bond acceptors (Lipinski definition) is 5. The van der Waals surface area contributed by atoms with Gasteiger partial charge in [0, 0.05) is 38.7 Å². The van der Waals surface area contributed by atoms with Crippen molar-refractivity contribution in [3.05, 3.63) is 12.0 Å². The second kappa shape index (κ2) is 6.91. The highest BCUT2D eigenvalue weighted by Gasteiger charge is 2.18. The zero-order valence-corrected chi connectivity index (χ0v) is 12.2. The first-order valence-corrected chi connectivity index (χ1v) is 7.12. The van der Waals surface area contributed by atoms with Crippen molar-refractivity contribution in [1.29, 1.82) is 0 Å². The molecule has 2 heterocycles. The zero-order valence-electron chi connectivity index (χ0n) is 12.2. The molecule has 1 aromatic rings. The van der Waals surface area contributed by atoms with Crippen molar-refractivity contribution in [2.45, 2.75) is 39.3 Å². The molecule has 1 aliphatic heterocycles. The van der Waals surface area contributed by atoms with Crippen LogP contribution in [-0.2, 0) is 11.3 Å². The van der Waals surface area contributed by atoms with Gasteiger partial charge in [-0.3, -0.25) is 0 Å². The van der Waals surface area contributed by atoms with Gasteiger partial charge in [-0.2, -0.15) is 4.98 Å². The van der Waals surface area contributed by atoms with E-state index in [-0.39, 0.29) is 0 Å². The van der Waals surface area contributed by atoms with Crippen LogP contribution in [0.5, 0.6) is 0 Å². The zero-order chi connectivity index (χ0) is 13.7. The molecule has 1 atom stereocenters. The lowest BCUT2D eigenvalue weighted by molar-refractivity contribution is 0.0573. The van der Waals surface area contributed by atoms with Crippen molar-refractivity contribution in [1.82, 2.24) is 10.3 Å². The molecule has 1 unspecified atom stereocenters. The molecular weight excluding hydrogens is 242 g/mol. The Balaban J connectivity index is 1.82. The van der Waals surface area contributed by atoms with Gasteiger partial charge in [0.15, 0.2) is 0 Å². The van der Waals surface area contributed by atoms with Gasteiger partial charge in [-0.15, -0.1) is 0 Å². The van der Waals surface area contributed by atoms with E-state index >= 15 is 0 Å². The van der Waals surface area contributed by atoms with Gasteiger partial charge in [0.1, 0.15) is 6.26 Å². The van der Waals surface area contributed by atoms with Crippen molar-refractivity contribution < 1.29 is 9.15 Å². The molecule has 19 heavy (non-hydrogen) atoms. The SMILES string of the molecule is CC(C)NCc1coc(N(C)CC2CCCOC2)n1. The van der Waals surface area contributed by atoms with E-state index in [1.807, 2.05) is 7.05 Å². The van der Waals surface area contributed by atoms with Crippen LogP contribution >= 0.6 is 0 Å². The lowest BCUT2D eigenvalue weighted by Crippen LogP contribution is -2.31. The van der Waals surface area contributed by atoms with Crippen molar-refractivity contribution >= 4 is 6.01 Å². The molecule has 5 nitrogen and oxygen atoms in total. The molecule has 0 saturated carbocycles. The molecule has 1 saturated heterocycles. The molecule has 1 N–H and O–H groups in total. The number of anilines is 1. The average Bonchev–Trinajstić information content (AvgIpc) is 2.86. The predicted molar refractivity (Wildman–Crippen MR) is 75.3 cm³/mol. The topological polar surface area (TPSA) is 50.5 Å². The Morgan fingerprint density at radius 1 is 1.53 bits per heavy atom. The lowest BCUT2D eigenvalue weighted by atomic mass is 10.0. The van der Waals surface area contributed by atoms with E-state index in [2.05, 4.69) is 29.0 Å².